The Labute approximate surface area is 67.0 Å². The predicted octanol–water partition coefficient (Wildman–Crippen LogP) is 1.26. The molecule has 0 aliphatic rings. The fourth-order valence-electron chi connectivity index (χ4n) is 0.829. The van der Waals surface area contributed by atoms with Gasteiger partial charge in [-0.05, 0) is 18.8 Å². The fraction of sp³-hybridized carbons (Fsp3) is 0.875. The van der Waals surface area contributed by atoms with E-state index < -0.39 is 12.1 Å². The van der Waals surface area contributed by atoms with Crippen LogP contribution in [0.4, 0.5) is 0 Å². The highest BCUT2D eigenvalue weighted by Gasteiger charge is 2.09. The van der Waals surface area contributed by atoms with Crippen molar-refractivity contribution in [3.8, 4) is 0 Å². The summed E-state index contributed by atoms with van der Waals surface area (Å²) in [6.45, 7) is 4.10. The molecule has 0 unspecified atom stereocenters. The van der Waals surface area contributed by atoms with Crippen LogP contribution < -0.4 is 0 Å². The van der Waals surface area contributed by atoms with Crippen LogP contribution in [0.1, 0.15) is 33.1 Å². The molecule has 0 aliphatic heterocycles. The molecule has 0 aromatic rings. The molecule has 11 heavy (non-hydrogen) atoms. The van der Waals surface area contributed by atoms with E-state index in [1.807, 2.05) is 13.8 Å². The van der Waals surface area contributed by atoms with E-state index in [0.717, 1.165) is 6.42 Å². The summed E-state index contributed by atoms with van der Waals surface area (Å²) in [4.78, 5) is 10.1. The summed E-state index contributed by atoms with van der Waals surface area (Å²) in [7, 11) is 0. The van der Waals surface area contributed by atoms with Gasteiger partial charge in [-0.3, -0.25) is 4.79 Å². The Bertz CT molecular complexity index is 121. The molecule has 0 amide bonds. The first-order chi connectivity index (χ1) is 5.02. The van der Waals surface area contributed by atoms with Crippen molar-refractivity contribution < 1.29 is 15.0 Å². The average molecular weight is 160 g/mol. The Morgan fingerprint density at radius 2 is 1.91 bits per heavy atom. The summed E-state index contributed by atoms with van der Waals surface area (Å²) in [6.07, 6.45) is 0.667. The van der Waals surface area contributed by atoms with Crippen molar-refractivity contribution in [1.29, 1.82) is 0 Å². The molecule has 0 spiro atoms. The topological polar surface area (TPSA) is 57.5 Å². The van der Waals surface area contributed by atoms with Crippen LogP contribution in [0.25, 0.3) is 0 Å². The molecule has 0 rings (SSSR count). The summed E-state index contributed by atoms with van der Waals surface area (Å²) in [6, 6.07) is 0. The van der Waals surface area contributed by atoms with Crippen molar-refractivity contribution in [3.05, 3.63) is 0 Å². The maximum atomic E-state index is 10.1. The van der Waals surface area contributed by atoms with Crippen LogP contribution in [-0.2, 0) is 4.79 Å². The van der Waals surface area contributed by atoms with E-state index in [4.69, 9.17) is 10.2 Å². The first kappa shape index (κ1) is 10.4. The van der Waals surface area contributed by atoms with Gasteiger partial charge in [-0.15, -0.1) is 0 Å². The van der Waals surface area contributed by atoms with E-state index in [9.17, 15) is 4.79 Å². The molecule has 0 aliphatic carbocycles. The zero-order valence-corrected chi connectivity index (χ0v) is 7.08. The number of hydrogen-bond donors (Lipinski definition) is 2. The molecule has 0 heterocycles. The highest BCUT2D eigenvalue weighted by molar-refractivity contribution is 5.67. The summed E-state index contributed by atoms with van der Waals surface area (Å²) in [5.74, 6) is -0.403. The van der Waals surface area contributed by atoms with Gasteiger partial charge in [0, 0.05) is 0 Å². The molecule has 66 valence electrons. The Morgan fingerprint density at radius 1 is 1.36 bits per heavy atom. The largest absolute Gasteiger partial charge is 0.481 e. The van der Waals surface area contributed by atoms with Crippen LogP contribution in [0.3, 0.4) is 0 Å². The number of carbonyl (C=O) groups is 1. The van der Waals surface area contributed by atoms with E-state index >= 15 is 0 Å². The van der Waals surface area contributed by atoms with E-state index in [1.54, 1.807) is 0 Å². The molecule has 0 saturated carbocycles. The summed E-state index contributed by atoms with van der Waals surface area (Å²) in [5.41, 5.74) is 0. The van der Waals surface area contributed by atoms with E-state index in [1.165, 1.54) is 0 Å². The third kappa shape index (κ3) is 7.33. The summed E-state index contributed by atoms with van der Waals surface area (Å²) in [5, 5.41) is 17.4. The molecule has 0 fully saturated rings. The van der Waals surface area contributed by atoms with Crippen molar-refractivity contribution >= 4 is 5.97 Å². The van der Waals surface area contributed by atoms with Crippen LogP contribution in [0.15, 0.2) is 0 Å². The summed E-state index contributed by atoms with van der Waals surface area (Å²) >= 11 is 0. The van der Waals surface area contributed by atoms with Gasteiger partial charge in [0.15, 0.2) is 0 Å². The van der Waals surface area contributed by atoms with Gasteiger partial charge in [0.2, 0.25) is 0 Å². The Balaban J connectivity index is 3.37. The molecule has 0 radical (unpaired) electrons. The van der Waals surface area contributed by atoms with Crippen molar-refractivity contribution in [1.82, 2.24) is 0 Å². The molecule has 0 aromatic carbocycles. The van der Waals surface area contributed by atoms with Crippen molar-refractivity contribution in [2.75, 3.05) is 0 Å². The van der Waals surface area contributed by atoms with Gasteiger partial charge in [-0.2, -0.15) is 0 Å². The SMILES string of the molecule is CC(C)CC[C@@H](O)CC(=O)O. The van der Waals surface area contributed by atoms with E-state index in [2.05, 4.69) is 0 Å². The molecule has 1 atom stereocenters. The number of aliphatic hydroxyl groups excluding tert-OH is 1. The maximum absolute atomic E-state index is 10.1. The van der Waals surface area contributed by atoms with Crippen LogP contribution in [0.5, 0.6) is 0 Å². The lowest BCUT2D eigenvalue weighted by Gasteiger charge is -2.08. The van der Waals surface area contributed by atoms with Gasteiger partial charge < -0.3 is 10.2 Å². The lowest BCUT2D eigenvalue weighted by molar-refractivity contribution is -0.139. The monoisotopic (exact) mass is 160 g/mol. The lowest BCUT2D eigenvalue weighted by atomic mass is 10.0. The van der Waals surface area contributed by atoms with Crippen LogP contribution in [0.2, 0.25) is 0 Å². The number of carboxylic acid groups (broad SMARTS) is 1. The molecule has 0 aromatic heterocycles. The number of aliphatic hydroxyl groups is 1. The quantitative estimate of drug-likeness (QED) is 0.636. The second kappa shape index (κ2) is 5.13. The van der Waals surface area contributed by atoms with Crippen LogP contribution in [-0.4, -0.2) is 22.3 Å². The second-order valence-electron chi connectivity index (χ2n) is 3.22. The van der Waals surface area contributed by atoms with E-state index in [0.29, 0.717) is 12.3 Å². The van der Waals surface area contributed by atoms with Crippen molar-refractivity contribution in [2.45, 2.75) is 39.2 Å². The minimum Gasteiger partial charge on any atom is -0.481 e. The third-order valence-electron chi connectivity index (χ3n) is 1.49. The molecule has 3 nitrogen and oxygen atoms in total. The predicted molar refractivity (Wildman–Crippen MR) is 42.3 cm³/mol. The Hall–Kier alpha value is -0.570. The van der Waals surface area contributed by atoms with Gasteiger partial charge in [0.05, 0.1) is 12.5 Å². The lowest BCUT2D eigenvalue weighted by Crippen LogP contribution is -2.13. The number of rotatable bonds is 5. The zero-order chi connectivity index (χ0) is 8.85. The van der Waals surface area contributed by atoms with E-state index in [-0.39, 0.29) is 6.42 Å². The summed E-state index contributed by atoms with van der Waals surface area (Å²) < 4.78 is 0. The van der Waals surface area contributed by atoms with Gasteiger partial charge in [-0.25, -0.2) is 0 Å². The number of carboxylic acids is 1. The number of hydrogen-bond acceptors (Lipinski definition) is 2. The Kier molecular flexibility index (Phi) is 4.86. The normalized spacial score (nSPS) is 13.5. The maximum Gasteiger partial charge on any atom is 0.305 e. The van der Waals surface area contributed by atoms with Gasteiger partial charge >= 0.3 is 5.97 Å². The smallest absolute Gasteiger partial charge is 0.305 e. The second-order valence-corrected chi connectivity index (χ2v) is 3.22. The zero-order valence-electron chi connectivity index (χ0n) is 7.08. The van der Waals surface area contributed by atoms with Gasteiger partial charge in [-0.1, -0.05) is 13.8 Å². The van der Waals surface area contributed by atoms with Gasteiger partial charge in [0.25, 0.3) is 0 Å². The fourth-order valence-corrected chi connectivity index (χ4v) is 0.829. The molecular formula is C8H16O3. The highest BCUT2D eigenvalue weighted by atomic mass is 16.4. The molecule has 0 saturated heterocycles. The minimum atomic E-state index is -0.929. The van der Waals surface area contributed by atoms with Crippen LogP contribution in [0, 0.1) is 5.92 Å². The molecule has 0 bridgehead atoms. The number of aliphatic carboxylic acids is 1. The first-order valence-corrected chi connectivity index (χ1v) is 3.92. The Morgan fingerprint density at radius 3 is 2.27 bits per heavy atom. The first-order valence-electron chi connectivity index (χ1n) is 3.92. The molecule has 2 N–H and O–H groups in total. The standard InChI is InChI=1S/C8H16O3/c1-6(2)3-4-7(9)5-8(10)11/h6-7,9H,3-5H2,1-2H3,(H,10,11)/t7-/m1/s1. The van der Waals surface area contributed by atoms with Crippen molar-refractivity contribution in [2.24, 2.45) is 5.92 Å². The van der Waals surface area contributed by atoms with Gasteiger partial charge in [0.1, 0.15) is 0 Å². The third-order valence-corrected chi connectivity index (χ3v) is 1.49. The minimum absolute atomic E-state index is 0.132. The highest BCUT2D eigenvalue weighted by Crippen LogP contribution is 2.08. The average Bonchev–Trinajstić information content (AvgIpc) is 1.82. The molecule has 3 heteroatoms. The molecular weight excluding hydrogens is 144 g/mol. The van der Waals surface area contributed by atoms with Crippen molar-refractivity contribution in [3.63, 3.8) is 0 Å². The van der Waals surface area contributed by atoms with Crippen LogP contribution >= 0.6 is 0 Å².